The highest BCUT2D eigenvalue weighted by Gasteiger charge is 2.43. The number of nitrogens with zero attached hydrogens (tertiary/aromatic N) is 1. The second kappa shape index (κ2) is 4.66. The number of hydroxylamine groups is 2. The molecule has 0 aromatic heterocycles. The van der Waals surface area contributed by atoms with E-state index in [0.717, 1.165) is 17.9 Å². The van der Waals surface area contributed by atoms with Gasteiger partial charge in [-0.25, -0.2) is 0 Å². The van der Waals surface area contributed by atoms with Gasteiger partial charge in [-0.2, -0.15) is 5.06 Å². The van der Waals surface area contributed by atoms with E-state index in [1.54, 1.807) is 0 Å². The van der Waals surface area contributed by atoms with Crippen molar-refractivity contribution in [1.29, 1.82) is 0 Å². The van der Waals surface area contributed by atoms with Crippen LogP contribution in [0.5, 0.6) is 0 Å². The molecule has 0 bridgehead atoms. The molecule has 0 aromatic carbocycles. The van der Waals surface area contributed by atoms with Crippen LogP contribution in [0.1, 0.15) is 26.7 Å². The van der Waals surface area contributed by atoms with Crippen LogP contribution in [0.2, 0.25) is 0 Å². The zero-order valence-electron chi connectivity index (χ0n) is 8.64. The van der Waals surface area contributed by atoms with E-state index in [1.807, 2.05) is 13.8 Å². The van der Waals surface area contributed by atoms with Crippen molar-refractivity contribution in [3.8, 4) is 0 Å². The van der Waals surface area contributed by atoms with Crippen molar-refractivity contribution >= 4 is 12.1 Å². The molecule has 0 aromatic rings. The standard InChI is InChI=1S/C10H17NO3/c1-3-7-5-11(14)10(8(7)4-2)9(13)6-12/h6-8,10,14H,3-5H2,1-2H3. The van der Waals surface area contributed by atoms with Crippen molar-refractivity contribution in [3.05, 3.63) is 0 Å². The lowest BCUT2D eigenvalue weighted by atomic mass is 9.85. The molecule has 4 nitrogen and oxygen atoms in total. The van der Waals surface area contributed by atoms with Gasteiger partial charge in [0, 0.05) is 6.54 Å². The first-order valence-corrected chi connectivity index (χ1v) is 5.10. The highest BCUT2D eigenvalue weighted by Crippen LogP contribution is 2.33. The van der Waals surface area contributed by atoms with E-state index >= 15 is 0 Å². The molecule has 3 unspecified atom stereocenters. The Kier molecular flexibility index (Phi) is 3.77. The van der Waals surface area contributed by atoms with Crippen LogP contribution >= 0.6 is 0 Å². The van der Waals surface area contributed by atoms with Gasteiger partial charge in [-0.05, 0) is 11.8 Å². The minimum Gasteiger partial charge on any atom is -0.313 e. The van der Waals surface area contributed by atoms with Crippen molar-refractivity contribution in [1.82, 2.24) is 5.06 Å². The molecule has 1 aliphatic heterocycles. The van der Waals surface area contributed by atoms with Gasteiger partial charge < -0.3 is 5.21 Å². The summed E-state index contributed by atoms with van der Waals surface area (Å²) in [6.07, 6.45) is 2.06. The Morgan fingerprint density at radius 3 is 2.57 bits per heavy atom. The van der Waals surface area contributed by atoms with E-state index in [9.17, 15) is 14.8 Å². The molecule has 3 atom stereocenters. The first kappa shape index (κ1) is 11.3. The summed E-state index contributed by atoms with van der Waals surface area (Å²) >= 11 is 0. The average molecular weight is 199 g/mol. The van der Waals surface area contributed by atoms with Crippen LogP contribution in [0.3, 0.4) is 0 Å². The molecule has 1 N–H and O–H groups in total. The zero-order valence-corrected chi connectivity index (χ0v) is 8.64. The van der Waals surface area contributed by atoms with Crippen molar-refractivity contribution in [2.24, 2.45) is 11.8 Å². The summed E-state index contributed by atoms with van der Waals surface area (Å²) in [7, 11) is 0. The molecule has 0 saturated carbocycles. The van der Waals surface area contributed by atoms with E-state index in [2.05, 4.69) is 0 Å². The average Bonchev–Trinajstić information content (AvgIpc) is 2.53. The normalized spacial score (nSPS) is 33.2. The highest BCUT2D eigenvalue weighted by atomic mass is 16.5. The molecule has 1 saturated heterocycles. The minimum atomic E-state index is -0.609. The number of carbonyl (C=O) groups excluding carboxylic acids is 2. The second-order valence-corrected chi connectivity index (χ2v) is 3.83. The molecule has 0 spiro atoms. The fraction of sp³-hybridized carbons (Fsp3) is 0.800. The van der Waals surface area contributed by atoms with Gasteiger partial charge in [-0.1, -0.05) is 26.7 Å². The number of carbonyl (C=O) groups is 2. The fourth-order valence-corrected chi connectivity index (χ4v) is 2.38. The van der Waals surface area contributed by atoms with Crippen LogP contribution in [-0.2, 0) is 9.59 Å². The third-order valence-electron chi connectivity index (χ3n) is 3.16. The summed E-state index contributed by atoms with van der Waals surface area (Å²) in [5.74, 6) is -0.0723. The SMILES string of the molecule is CCC1CN(O)C(C(=O)C=O)C1CC. The zero-order chi connectivity index (χ0) is 10.7. The summed E-state index contributed by atoms with van der Waals surface area (Å²) in [4.78, 5) is 21.7. The fourth-order valence-electron chi connectivity index (χ4n) is 2.38. The van der Waals surface area contributed by atoms with Gasteiger partial charge in [0.2, 0.25) is 5.78 Å². The Labute approximate surface area is 83.8 Å². The molecule has 80 valence electrons. The van der Waals surface area contributed by atoms with Crippen LogP contribution < -0.4 is 0 Å². The lowest BCUT2D eigenvalue weighted by Gasteiger charge is -2.20. The van der Waals surface area contributed by atoms with Gasteiger partial charge in [0.15, 0.2) is 6.29 Å². The molecule has 1 fully saturated rings. The van der Waals surface area contributed by atoms with E-state index < -0.39 is 11.8 Å². The van der Waals surface area contributed by atoms with Gasteiger partial charge in [0.25, 0.3) is 0 Å². The van der Waals surface area contributed by atoms with Crippen LogP contribution in [-0.4, -0.2) is 34.9 Å². The second-order valence-electron chi connectivity index (χ2n) is 3.83. The van der Waals surface area contributed by atoms with Crippen LogP contribution in [0.4, 0.5) is 0 Å². The molecule has 4 heteroatoms. The number of aldehydes is 1. The predicted octanol–water partition coefficient (Wildman–Crippen LogP) is 0.880. The maximum Gasteiger partial charge on any atom is 0.214 e. The predicted molar refractivity (Wildman–Crippen MR) is 50.9 cm³/mol. The van der Waals surface area contributed by atoms with Crippen molar-refractivity contribution in [2.75, 3.05) is 6.54 Å². The van der Waals surface area contributed by atoms with Gasteiger partial charge in [0.05, 0.1) is 0 Å². The van der Waals surface area contributed by atoms with Gasteiger partial charge in [0.1, 0.15) is 6.04 Å². The summed E-state index contributed by atoms with van der Waals surface area (Å²) < 4.78 is 0. The maximum absolute atomic E-state index is 11.3. The molecule has 1 heterocycles. The summed E-state index contributed by atoms with van der Waals surface area (Å²) in [6, 6.07) is -0.609. The third kappa shape index (κ3) is 1.86. The van der Waals surface area contributed by atoms with Gasteiger partial charge in [-0.3, -0.25) is 9.59 Å². The Bertz CT molecular complexity index is 229. The first-order valence-electron chi connectivity index (χ1n) is 5.10. The van der Waals surface area contributed by atoms with Gasteiger partial charge in [-0.15, -0.1) is 0 Å². The quantitative estimate of drug-likeness (QED) is 0.539. The van der Waals surface area contributed by atoms with E-state index in [4.69, 9.17) is 0 Å². The van der Waals surface area contributed by atoms with Crippen molar-refractivity contribution < 1.29 is 14.8 Å². The molecule has 14 heavy (non-hydrogen) atoms. The molecular formula is C10H17NO3. The molecular weight excluding hydrogens is 182 g/mol. The van der Waals surface area contributed by atoms with E-state index in [-0.39, 0.29) is 5.92 Å². The molecule has 1 rings (SSSR count). The Balaban J connectivity index is 2.81. The van der Waals surface area contributed by atoms with Gasteiger partial charge >= 0.3 is 0 Å². The molecule has 1 aliphatic rings. The van der Waals surface area contributed by atoms with Crippen LogP contribution in [0.25, 0.3) is 0 Å². The number of Topliss-reactive ketones (excluding diaryl/α,β-unsaturated/α-hetero) is 1. The number of ketones is 1. The summed E-state index contributed by atoms with van der Waals surface area (Å²) in [5, 5.41) is 10.6. The first-order chi connectivity index (χ1) is 6.65. The van der Waals surface area contributed by atoms with Crippen molar-refractivity contribution in [2.45, 2.75) is 32.7 Å². The van der Waals surface area contributed by atoms with Crippen LogP contribution in [0, 0.1) is 11.8 Å². The minimum absolute atomic E-state index is 0.114. The number of hydrogen-bond acceptors (Lipinski definition) is 4. The number of hydrogen-bond donors (Lipinski definition) is 1. The molecule has 0 aliphatic carbocycles. The largest absolute Gasteiger partial charge is 0.313 e. The maximum atomic E-state index is 11.3. The Morgan fingerprint density at radius 2 is 2.14 bits per heavy atom. The molecule has 0 radical (unpaired) electrons. The topological polar surface area (TPSA) is 57.6 Å². The third-order valence-corrected chi connectivity index (χ3v) is 3.16. The highest BCUT2D eigenvalue weighted by molar-refractivity contribution is 6.27. The monoisotopic (exact) mass is 199 g/mol. The van der Waals surface area contributed by atoms with Crippen LogP contribution in [0.15, 0.2) is 0 Å². The van der Waals surface area contributed by atoms with E-state index in [1.165, 1.54) is 0 Å². The smallest absolute Gasteiger partial charge is 0.214 e. The number of rotatable bonds is 4. The summed E-state index contributed by atoms with van der Waals surface area (Å²) in [5.41, 5.74) is 0. The summed E-state index contributed by atoms with van der Waals surface area (Å²) in [6.45, 7) is 4.52. The van der Waals surface area contributed by atoms with Crippen molar-refractivity contribution in [3.63, 3.8) is 0 Å². The lowest BCUT2D eigenvalue weighted by Crippen LogP contribution is -2.38. The Hall–Kier alpha value is -0.740. The Morgan fingerprint density at radius 1 is 1.50 bits per heavy atom. The van der Waals surface area contributed by atoms with E-state index in [0.29, 0.717) is 18.7 Å². The lowest BCUT2D eigenvalue weighted by molar-refractivity contribution is -0.150. The molecule has 0 amide bonds.